The summed E-state index contributed by atoms with van der Waals surface area (Å²) in [4.78, 5) is 32.5. The highest BCUT2D eigenvalue weighted by Gasteiger charge is 2.24. The molecule has 0 radical (unpaired) electrons. The van der Waals surface area contributed by atoms with Crippen LogP contribution in [0.3, 0.4) is 0 Å². The molecular formula is C17H13N5O8S. The third-order valence-electron chi connectivity index (χ3n) is 3.92. The lowest BCUT2D eigenvalue weighted by Crippen LogP contribution is -2.15. The van der Waals surface area contributed by atoms with Gasteiger partial charge >= 0.3 is 0 Å². The Morgan fingerprint density at radius 2 is 1.71 bits per heavy atom. The first kappa shape index (κ1) is 21.4. The van der Waals surface area contributed by atoms with Gasteiger partial charge in [0.1, 0.15) is 11.3 Å². The van der Waals surface area contributed by atoms with Crippen LogP contribution < -0.4 is 10.0 Å². The molecule has 1 amide bonds. The van der Waals surface area contributed by atoms with Crippen LogP contribution in [0.1, 0.15) is 16.1 Å². The van der Waals surface area contributed by atoms with E-state index in [4.69, 9.17) is 4.52 Å². The van der Waals surface area contributed by atoms with Crippen molar-refractivity contribution in [1.82, 2.24) is 5.16 Å². The van der Waals surface area contributed by atoms with Crippen LogP contribution in [0.25, 0.3) is 0 Å². The zero-order valence-electron chi connectivity index (χ0n) is 15.6. The van der Waals surface area contributed by atoms with Gasteiger partial charge < -0.3 is 9.84 Å². The molecule has 160 valence electrons. The minimum Gasteiger partial charge on any atom is -0.360 e. The van der Waals surface area contributed by atoms with Crippen LogP contribution in [0, 0.1) is 27.2 Å². The summed E-state index contributed by atoms with van der Waals surface area (Å²) in [5.74, 6) is -0.482. The van der Waals surface area contributed by atoms with Crippen molar-refractivity contribution in [1.29, 1.82) is 0 Å². The average molecular weight is 447 g/mol. The Kier molecular flexibility index (Phi) is 5.65. The van der Waals surface area contributed by atoms with E-state index in [0.29, 0.717) is 11.8 Å². The first-order valence-electron chi connectivity index (χ1n) is 8.37. The highest BCUT2D eigenvalue weighted by molar-refractivity contribution is 7.92. The van der Waals surface area contributed by atoms with Crippen molar-refractivity contribution in [2.75, 3.05) is 10.0 Å². The largest absolute Gasteiger partial charge is 0.360 e. The first-order chi connectivity index (χ1) is 14.6. The molecular weight excluding hydrogens is 434 g/mol. The zero-order chi connectivity index (χ0) is 22.8. The van der Waals surface area contributed by atoms with E-state index in [1.165, 1.54) is 30.3 Å². The van der Waals surface area contributed by atoms with E-state index >= 15 is 0 Å². The van der Waals surface area contributed by atoms with Gasteiger partial charge in [-0.1, -0.05) is 5.16 Å². The molecule has 14 heteroatoms. The molecule has 0 aliphatic heterocycles. The van der Waals surface area contributed by atoms with Gasteiger partial charge in [0, 0.05) is 17.8 Å². The number of benzene rings is 2. The molecule has 0 saturated carbocycles. The molecule has 0 aliphatic rings. The quantitative estimate of drug-likeness (QED) is 0.405. The van der Waals surface area contributed by atoms with Crippen molar-refractivity contribution in [2.24, 2.45) is 0 Å². The van der Waals surface area contributed by atoms with Gasteiger partial charge in [-0.2, -0.15) is 0 Å². The molecule has 0 unspecified atom stereocenters. The summed E-state index contributed by atoms with van der Waals surface area (Å²) in [6, 6.07) is 8.97. The monoisotopic (exact) mass is 447 g/mol. The van der Waals surface area contributed by atoms with Gasteiger partial charge in [-0.15, -0.1) is 0 Å². The number of carbonyl (C=O) groups excluding carboxylic acids is 1. The topological polar surface area (TPSA) is 188 Å². The standard InChI is InChI=1S/C17H13N5O8S/c1-10-8-16(19-30-10)20-31(28,29)13-5-2-11(3-6-13)18-17(23)14-7-4-12(21(24)25)9-15(14)22(26)27/h2-9H,1H3,(H,18,23)(H,19,20). The van der Waals surface area contributed by atoms with E-state index in [2.05, 4.69) is 15.2 Å². The first-order valence-corrected chi connectivity index (χ1v) is 9.85. The second-order valence-corrected chi connectivity index (χ2v) is 7.80. The Morgan fingerprint density at radius 3 is 2.26 bits per heavy atom. The molecule has 0 aliphatic carbocycles. The number of aryl methyl sites for hydroxylation is 1. The predicted octanol–water partition coefficient (Wildman–Crippen LogP) is 2.85. The normalized spacial score (nSPS) is 11.0. The molecule has 0 bridgehead atoms. The summed E-state index contributed by atoms with van der Waals surface area (Å²) in [5.41, 5.74) is -1.52. The number of hydrogen-bond acceptors (Lipinski definition) is 9. The molecule has 31 heavy (non-hydrogen) atoms. The number of hydrogen-bond donors (Lipinski definition) is 2. The zero-order valence-corrected chi connectivity index (χ0v) is 16.5. The SMILES string of the molecule is Cc1cc(NS(=O)(=O)c2ccc(NC(=O)c3ccc([N+](=O)[O-])cc3[N+](=O)[O-])cc2)no1. The number of nitro groups is 2. The van der Waals surface area contributed by atoms with Gasteiger partial charge in [0.05, 0.1) is 20.8 Å². The number of sulfonamides is 1. The number of non-ortho nitro benzene ring substituents is 1. The van der Waals surface area contributed by atoms with Gasteiger partial charge in [0.15, 0.2) is 5.82 Å². The Labute approximate surface area is 174 Å². The Bertz CT molecular complexity index is 1280. The predicted molar refractivity (Wildman–Crippen MR) is 106 cm³/mol. The van der Waals surface area contributed by atoms with Crippen LogP contribution in [0.15, 0.2) is 57.9 Å². The molecule has 13 nitrogen and oxygen atoms in total. The lowest BCUT2D eigenvalue weighted by atomic mass is 10.1. The highest BCUT2D eigenvalue weighted by atomic mass is 32.2. The number of nitrogens with one attached hydrogen (secondary N) is 2. The molecule has 2 N–H and O–H groups in total. The van der Waals surface area contributed by atoms with E-state index in [9.17, 15) is 33.4 Å². The highest BCUT2D eigenvalue weighted by Crippen LogP contribution is 2.26. The van der Waals surface area contributed by atoms with Crippen molar-refractivity contribution < 1.29 is 27.6 Å². The van der Waals surface area contributed by atoms with Crippen molar-refractivity contribution in [3.8, 4) is 0 Å². The van der Waals surface area contributed by atoms with Gasteiger partial charge in [0.2, 0.25) is 0 Å². The molecule has 0 saturated heterocycles. The Balaban J connectivity index is 1.79. The summed E-state index contributed by atoms with van der Waals surface area (Å²) >= 11 is 0. The maximum absolute atomic E-state index is 12.4. The molecule has 0 atom stereocenters. The van der Waals surface area contributed by atoms with Gasteiger partial charge in [-0.05, 0) is 37.3 Å². The summed E-state index contributed by atoms with van der Waals surface area (Å²) < 4.78 is 31.7. The molecule has 1 heterocycles. The number of rotatable bonds is 7. The van der Waals surface area contributed by atoms with Crippen LogP contribution in [0.4, 0.5) is 22.9 Å². The minimum atomic E-state index is -3.97. The maximum atomic E-state index is 12.4. The number of carbonyl (C=O) groups is 1. The lowest BCUT2D eigenvalue weighted by molar-refractivity contribution is -0.394. The number of amides is 1. The second-order valence-electron chi connectivity index (χ2n) is 6.12. The third-order valence-corrected chi connectivity index (χ3v) is 5.29. The third kappa shape index (κ3) is 4.81. The van der Waals surface area contributed by atoms with E-state index in [-0.39, 0.29) is 16.4 Å². The average Bonchev–Trinajstić information content (AvgIpc) is 3.11. The van der Waals surface area contributed by atoms with Crippen molar-refractivity contribution in [3.63, 3.8) is 0 Å². The second kappa shape index (κ2) is 8.19. The Hall–Kier alpha value is -4.33. The smallest absolute Gasteiger partial charge is 0.289 e. The number of nitro benzene ring substituents is 2. The van der Waals surface area contributed by atoms with E-state index in [1.807, 2.05) is 0 Å². The van der Waals surface area contributed by atoms with E-state index in [0.717, 1.165) is 12.1 Å². The van der Waals surface area contributed by atoms with Crippen molar-refractivity contribution >= 4 is 38.8 Å². The van der Waals surface area contributed by atoms with E-state index in [1.54, 1.807) is 6.92 Å². The Morgan fingerprint density at radius 1 is 1.03 bits per heavy atom. The maximum Gasteiger partial charge on any atom is 0.289 e. The summed E-state index contributed by atoms with van der Waals surface area (Å²) in [6.07, 6.45) is 0. The minimum absolute atomic E-state index is 0.000333. The fourth-order valence-electron chi connectivity index (χ4n) is 2.50. The van der Waals surface area contributed by atoms with Crippen molar-refractivity contribution in [3.05, 3.63) is 80.1 Å². The molecule has 0 spiro atoms. The van der Waals surface area contributed by atoms with Crippen LogP contribution in [-0.4, -0.2) is 29.3 Å². The van der Waals surface area contributed by atoms with E-state index < -0.39 is 42.7 Å². The van der Waals surface area contributed by atoms with Crippen LogP contribution >= 0.6 is 0 Å². The number of aromatic nitrogens is 1. The van der Waals surface area contributed by atoms with Crippen LogP contribution in [0.2, 0.25) is 0 Å². The fraction of sp³-hybridized carbons (Fsp3) is 0.0588. The molecule has 3 aromatic rings. The fourth-order valence-corrected chi connectivity index (χ4v) is 3.49. The summed E-state index contributed by atoms with van der Waals surface area (Å²) in [7, 11) is -3.97. The number of anilines is 2. The van der Waals surface area contributed by atoms with Crippen LogP contribution in [-0.2, 0) is 10.0 Å². The molecule has 0 fully saturated rings. The van der Waals surface area contributed by atoms with Gasteiger partial charge in [-0.25, -0.2) is 8.42 Å². The number of nitrogens with zero attached hydrogens (tertiary/aromatic N) is 3. The van der Waals surface area contributed by atoms with Crippen LogP contribution in [0.5, 0.6) is 0 Å². The molecule has 2 aromatic carbocycles. The van der Waals surface area contributed by atoms with Crippen molar-refractivity contribution in [2.45, 2.75) is 11.8 Å². The summed E-state index contributed by atoms with van der Waals surface area (Å²) in [5, 5.41) is 27.9. The lowest BCUT2D eigenvalue weighted by Gasteiger charge is -2.08. The molecule has 1 aromatic heterocycles. The summed E-state index contributed by atoms with van der Waals surface area (Å²) in [6.45, 7) is 1.59. The van der Waals surface area contributed by atoms with Gasteiger partial charge in [0.25, 0.3) is 27.3 Å². The molecule has 3 rings (SSSR count). The van der Waals surface area contributed by atoms with Gasteiger partial charge in [-0.3, -0.25) is 29.7 Å².